The fourth-order valence-corrected chi connectivity index (χ4v) is 9.78. The highest BCUT2D eigenvalue weighted by molar-refractivity contribution is 5.47. The van der Waals surface area contributed by atoms with E-state index in [2.05, 4.69) is 55.5 Å². The lowest BCUT2D eigenvalue weighted by Gasteiger charge is -2.44. The summed E-state index contributed by atoms with van der Waals surface area (Å²) >= 11 is 0. The molecule has 4 N–H and O–H groups in total. The van der Waals surface area contributed by atoms with E-state index in [1.807, 2.05) is 48.5 Å². The molecular formula is C51H70N2O2. The van der Waals surface area contributed by atoms with E-state index in [0.717, 1.165) is 52.1 Å². The zero-order valence-corrected chi connectivity index (χ0v) is 34.0. The van der Waals surface area contributed by atoms with Crippen LogP contribution in [0, 0.1) is 17.8 Å². The Kier molecular flexibility index (Phi) is 15.8. The van der Waals surface area contributed by atoms with Crippen LogP contribution in [0.1, 0.15) is 159 Å². The summed E-state index contributed by atoms with van der Waals surface area (Å²) in [5.41, 5.74) is 16.0. The molecule has 0 saturated heterocycles. The van der Waals surface area contributed by atoms with Gasteiger partial charge in [-0.2, -0.15) is 0 Å². The molecule has 0 aliphatic heterocycles. The van der Waals surface area contributed by atoms with E-state index in [4.69, 9.17) is 20.9 Å². The predicted molar refractivity (Wildman–Crippen MR) is 233 cm³/mol. The van der Waals surface area contributed by atoms with Gasteiger partial charge in [-0.15, -0.1) is 0 Å². The van der Waals surface area contributed by atoms with Crippen LogP contribution in [-0.4, -0.2) is 0 Å². The summed E-state index contributed by atoms with van der Waals surface area (Å²) < 4.78 is 12.4. The lowest BCUT2D eigenvalue weighted by Crippen LogP contribution is -2.35. The standard InChI is InChI=1S/C51H70N2O2/c1-2-3-4-5-6-7-8-9-10-11-12-13-14-15-40-16-18-41(19-17-40)42-36-38-51(39-37-42,43-20-28-47(29-21-43)54-49-32-24-45(52)25-33-49)44-22-30-48(31-23-44)55-50-34-26-46(53)27-35-50/h20-35,40-42H,2-19,36-39,52-53H2,1H3/t40-,41+. The van der Waals surface area contributed by atoms with E-state index in [1.165, 1.54) is 152 Å². The van der Waals surface area contributed by atoms with Crippen LogP contribution in [0.3, 0.4) is 0 Å². The van der Waals surface area contributed by atoms with Gasteiger partial charge in [0, 0.05) is 16.8 Å². The molecule has 4 aromatic rings. The first-order chi connectivity index (χ1) is 27.0. The maximum atomic E-state index is 6.19. The minimum atomic E-state index is -0.0264. The van der Waals surface area contributed by atoms with Crippen molar-refractivity contribution in [1.29, 1.82) is 0 Å². The molecule has 55 heavy (non-hydrogen) atoms. The first-order valence-electron chi connectivity index (χ1n) is 22.3. The van der Waals surface area contributed by atoms with Gasteiger partial charge in [0.2, 0.25) is 0 Å². The van der Waals surface area contributed by atoms with Crippen molar-refractivity contribution in [3.63, 3.8) is 0 Å². The Balaban J connectivity index is 0.984. The highest BCUT2D eigenvalue weighted by Gasteiger charge is 2.41. The van der Waals surface area contributed by atoms with Crippen LogP contribution in [-0.2, 0) is 5.41 Å². The SMILES string of the molecule is CCCCCCCCCCCCCCC[C@H]1CC[C@@H](C2CCC(c3ccc(Oc4ccc(N)cc4)cc3)(c3ccc(Oc4ccc(N)cc4)cc3)CC2)CC1. The monoisotopic (exact) mass is 743 g/mol. The van der Waals surface area contributed by atoms with Gasteiger partial charge in [0.1, 0.15) is 23.0 Å². The van der Waals surface area contributed by atoms with Crippen LogP contribution in [0.25, 0.3) is 0 Å². The molecule has 0 aromatic heterocycles. The molecule has 2 saturated carbocycles. The summed E-state index contributed by atoms with van der Waals surface area (Å²) in [6.45, 7) is 2.30. The Morgan fingerprint density at radius 3 is 1.18 bits per heavy atom. The molecule has 2 aliphatic rings. The average molecular weight is 743 g/mol. The third kappa shape index (κ3) is 12.3. The minimum absolute atomic E-state index is 0.0264. The van der Waals surface area contributed by atoms with Crippen molar-refractivity contribution in [3.05, 3.63) is 108 Å². The quantitative estimate of drug-likeness (QED) is 0.0659. The van der Waals surface area contributed by atoms with Crippen LogP contribution in [0.2, 0.25) is 0 Å². The normalized spacial score (nSPS) is 18.6. The predicted octanol–water partition coefficient (Wildman–Crippen LogP) is 15.2. The van der Waals surface area contributed by atoms with Gasteiger partial charge in [-0.05, 0) is 140 Å². The van der Waals surface area contributed by atoms with Gasteiger partial charge >= 0.3 is 0 Å². The van der Waals surface area contributed by atoms with Crippen molar-refractivity contribution < 1.29 is 9.47 Å². The maximum absolute atomic E-state index is 6.19. The number of nitrogens with two attached hydrogens (primary N) is 2. The number of unbranched alkanes of at least 4 members (excludes halogenated alkanes) is 12. The summed E-state index contributed by atoms with van der Waals surface area (Å²) in [6.07, 6.45) is 31.0. The molecule has 4 nitrogen and oxygen atoms in total. The van der Waals surface area contributed by atoms with E-state index in [-0.39, 0.29) is 5.41 Å². The summed E-state index contributed by atoms with van der Waals surface area (Å²) in [5, 5.41) is 0. The molecular weight excluding hydrogens is 673 g/mol. The van der Waals surface area contributed by atoms with Gasteiger partial charge in [-0.25, -0.2) is 0 Å². The maximum Gasteiger partial charge on any atom is 0.127 e. The highest BCUT2D eigenvalue weighted by atomic mass is 16.5. The largest absolute Gasteiger partial charge is 0.457 e. The van der Waals surface area contributed by atoms with Crippen LogP contribution >= 0.6 is 0 Å². The van der Waals surface area contributed by atoms with Crippen LogP contribution in [0.4, 0.5) is 11.4 Å². The Morgan fingerprint density at radius 2 is 0.782 bits per heavy atom. The third-order valence-electron chi connectivity index (χ3n) is 13.2. The number of ether oxygens (including phenoxy) is 2. The molecule has 2 fully saturated rings. The first kappa shape index (κ1) is 40.7. The number of rotatable bonds is 21. The van der Waals surface area contributed by atoms with Crippen molar-refractivity contribution in [2.75, 3.05) is 11.5 Å². The molecule has 0 unspecified atom stereocenters. The zero-order valence-electron chi connectivity index (χ0n) is 34.0. The summed E-state index contributed by atoms with van der Waals surface area (Å²) in [5.74, 6) is 6.00. The van der Waals surface area contributed by atoms with Gasteiger partial charge in [-0.3, -0.25) is 0 Å². The Labute approximate surface area is 333 Å². The lowest BCUT2D eigenvalue weighted by molar-refractivity contribution is 0.140. The summed E-state index contributed by atoms with van der Waals surface area (Å²) in [4.78, 5) is 0. The zero-order chi connectivity index (χ0) is 38.1. The van der Waals surface area contributed by atoms with Crippen molar-refractivity contribution in [1.82, 2.24) is 0 Å². The molecule has 4 aromatic carbocycles. The summed E-state index contributed by atoms with van der Waals surface area (Å²) in [7, 11) is 0. The Hall–Kier alpha value is -3.92. The number of hydrogen-bond donors (Lipinski definition) is 2. The van der Waals surface area contributed by atoms with Crippen LogP contribution in [0.5, 0.6) is 23.0 Å². The molecule has 4 heteroatoms. The smallest absolute Gasteiger partial charge is 0.127 e. The van der Waals surface area contributed by atoms with Gasteiger partial charge < -0.3 is 20.9 Å². The first-order valence-corrected chi connectivity index (χ1v) is 22.3. The van der Waals surface area contributed by atoms with E-state index in [9.17, 15) is 0 Å². The Bertz CT molecular complexity index is 1540. The molecule has 2 aliphatic carbocycles. The van der Waals surface area contributed by atoms with Gasteiger partial charge in [-0.1, -0.05) is 134 Å². The van der Waals surface area contributed by atoms with Crippen molar-refractivity contribution >= 4 is 11.4 Å². The molecule has 0 spiro atoms. The number of nitrogen functional groups attached to an aromatic ring is 2. The van der Waals surface area contributed by atoms with Gasteiger partial charge in [0.15, 0.2) is 0 Å². The number of anilines is 2. The highest BCUT2D eigenvalue weighted by Crippen LogP contribution is 2.51. The molecule has 0 heterocycles. The van der Waals surface area contributed by atoms with E-state index < -0.39 is 0 Å². The summed E-state index contributed by atoms with van der Waals surface area (Å²) in [6, 6.07) is 33.0. The third-order valence-corrected chi connectivity index (χ3v) is 13.2. The molecule has 0 bridgehead atoms. The van der Waals surface area contributed by atoms with Crippen molar-refractivity contribution in [2.45, 2.75) is 154 Å². The molecule has 0 atom stereocenters. The van der Waals surface area contributed by atoms with E-state index in [1.54, 1.807) is 0 Å². The lowest BCUT2D eigenvalue weighted by atomic mass is 9.60. The average Bonchev–Trinajstić information content (AvgIpc) is 3.22. The Morgan fingerprint density at radius 1 is 0.436 bits per heavy atom. The topological polar surface area (TPSA) is 70.5 Å². The molecule has 296 valence electrons. The second-order valence-corrected chi connectivity index (χ2v) is 17.1. The second kappa shape index (κ2) is 21.4. The van der Waals surface area contributed by atoms with E-state index >= 15 is 0 Å². The second-order valence-electron chi connectivity index (χ2n) is 17.1. The molecule has 0 radical (unpaired) electrons. The molecule has 6 rings (SSSR count). The number of benzene rings is 4. The van der Waals surface area contributed by atoms with Crippen LogP contribution < -0.4 is 20.9 Å². The van der Waals surface area contributed by atoms with Crippen molar-refractivity contribution in [2.24, 2.45) is 17.8 Å². The van der Waals surface area contributed by atoms with Gasteiger partial charge in [0.05, 0.1) is 0 Å². The van der Waals surface area contributed by atoms with Crippen LogP contribution in [0.15, 0.2) is 97.1 Å². The fourth-order valence-electron chi connectivity index (χ4n) is 9.78. The van der Waals surface area contributed by atoms with Crippen molar-refractivity contribution in [3.8, 4) is 23.0 Å². The minimum Gasteiger partial charge on any atom is -0.457 e. The fraction of sp³-hybridized carbons (Fsp3) is 0.529. The number of hydrogen-bond acceptors (Lipinski definition) is 4. The van der Waals surface area contributed by atoms with Gasteiger partial charge in [0.25, 0.3) is 0 Å². The molecule has 0 amide bonds. The van der Waals surface area contributed by atoms with E-state index in [0.29, 0.717) is 0 Å².